The Balaban J connectivity index is 2.40. The summed E-state index contributed by atoms with van der Waals surface area (Å²) in [6, 6.07) is 1.51. The van der Waals surface area contributed by atoms with Gasteiger partial charge in [-0.1, -0.05) is 18.7 Å². The van der Waals surface area contributed by atoms with Crippen LogP contribution in [0.15, 0.2) is 22.2 Å². The number of hydrogen-bond donors (Lipinski definition) is 2. The normalized spacial score (nSPS) is 12.1. The van der Waals surface area contributed by atoms with E-state index in [1.807, 2.05) is 13.8 Å². The molecule has 0 saturated carbocycles. The molecule has 88 valence electrons. The fraction of sp³-hybridized carbons (Fsp3) is 0.500. The maximum atomic E-state index is 11.4. The predicted octanol–water partition coefficient (Wildman–Crippen LogP) is 0.777. The van der Waals surface area contributed by atoms with Crippen LogP contribution in [0.2, 0.25) is 0 Å². The van der Waals surface area contributed by atoms with E-state index in [0.29, 0.717) is 5.16 Å². The number of carbonyl (C=O) groups excluding carboxylic acids is 1. The molecule has 1 rings (SSSR count). The van der Waals surface area contributed by atoms with Crippen LogP contribution in [0.25, 0.3) is 0 Å². The van der Waals surface area contributed by atoms with Gasteiger partial charge in [0.2, 0.25) is 5.91 Å². The Morgan fingerprint density at radius 2 is 2.44 bits per heavy atom. The van der Waals surface area contributed by atoms with Gasteiger partial charge in [0.05, 0.1) is 5.75 Å². The smallest absolute Gasteiger partial charge is 0.251 e. The van der Waals surface area contributed by atoms with E-state index in [9.17, 15) is 9.59 Å². The van der Waals surface area contributed by atoms with Crippen LogP contribution in [-0.4, -0.2) is 27.7 Å². The Morgan fingerprint density at radius 3 is 3.06 bits per heavy atom. The lowest BCUT2D eigenvalue weighted by molar-refractivity contribution is -0.119. The molecule has 0 saturated heterocycles. The number of H-pyrrole nitrogens is 1. The Bertz CT molecular complexity index is 405. The van der Waals surface area contributed by atoms with Crippen molar-refractivity contribution >= 4 is 17.7 Å². The van der Waals surface area contributed by atoms with Gasteiger partial charge in [0.15, 0.2) is 5.16 Å². The molecule has 0 aliphatic carbocycles. The molecule has 0 radical (unpaired) electrons. The first kappa shape index (κ1) is 12.8. The van der Waals surface area contributed by atoms with Crippen molar-refractivity contribution in [3.63, 3.8) is 0 Å². The summed E-state index contributed by atoms with van der Waals surface area (Å²) in [7, 11) is 0. The zero-order valence-electron chi connectivity index (χ0n) is 9.32. The van der Waals surface area contributed by atoms with E-state index < -0.39 is 0 Å². The maximum absolute atomic E-state index is 11.4. The highest BCUT2D eigenvalue weighted by Crippen LogP contribution is 2.09. The second kappa shape index (κ2) is 6.32. The number of thioether (sulfide) groups is 1. The first-order valence-corrected chi connectivity index (χ1v) is 6.08. The lowest BCUT2D eigenvalue weighted by Gasteiger charge is -2.10. The third-order valence-electron chi connectivity index (χ3n) is 2.01. The third kappa shape index (κ3) is 4.48. The van der Waals surface area contributed by atoms with E-state index in [4.69, 9.17) is 0 Å². The van der Waals surface area contributed by atoms with Crippen molar-refractivity contribution in [3.05, 3.63) is 22.6 Å². The molecule has 1 unspecified atom stereocenters. The van der Waals surface area contributed by atoms with Gasteiger partial charge < -0.3 is 10.3 Å². The second-order valence-electron chi connectivity index (χ2n) is 3.40. The molecule has 6 heteroatoms. The molecule has 2 N–H and O–H groups in total. The Labute approximate surface area is 98.1 Å². The summed E-state index contributed by atoms with van der Waals surface area (Å²) in [6.07, 6.45) is 2.32. The van der Waals surface area contributed by atoms with E-state index in [1.165, 1.54) is 24.0 Å². The monoisotopic (exact) mass is 241 g/mol. The van der Waals surface area contributed by atoms with Crippen molar-refractivity contribution in [3.8, 4) is 0 Å². The molecule has 0 bridgehead atoms. The number of aromatic amines is 1. The van der Waals surface area contributed by atoms with Crippen LogP contribution in [0.1, 0.15) is 20.3 Å². The summed E-state index contributed by atoms with van der Waals surface area (Å²) >= 11 is 1.22. The molecule has 0 fully saturated rings. The zero-order valence-corrected chi connectivity index (χ0v) is 10.1. The highest BCUT2D eigenvalue weighted by Gasteiger charge is 2.06. The SMILES string of the molecule is CCC(C)NC(=O)CSc1nccc(=O)[nH]1. The molecule has 1 atom stereocenters. The van der Waals surface area contributed by atoms with Gasteiger partial charge >= 0.3 is 0 Å². The van der Waals surface area contributed by atoms with Gasteiger partial charge in [-0.25, -0.2) is 4.98 Å². The number of amides is 1. The number of nitrogens with one attached hydrogen (secondary N) is 2. The summed E-state index contributed by atoms with van der Waals surface area (Å²) in [4.78, 5) is 28.9. The van der Waals surface area contributed by atoms with Gasteiger partial charge in [-0.05, 0) is 13.3 Å². The molecule has 0 aliphatic rings. The maximum Gasteiger partial charge on any atom is 0.251 e. The summed E-state index contributed by atoms with van der Waals surface area (Å²) in [5.74, 6) is 0.211. The van der Waals surface area contributed by atoms with E-state index in [0.717, 1.165) is 6.42 Å². The highest BCUT2D eigenvalue weighted by molar-refractivity contribution is 7.99. The van der Waals surface area contributed by atoms with Gasteiger partial charge in [0.25, 0.3) is 5.56 Å². The van der Waals surface area contributed by atoms with Gasteiger partial charge in [-0.3, -0.25) is 9.59 Å². The summed E-state index contributed by atoms with van der Waals surface area (Å²) in [6.45, 7) is 3.96. The Morgan fingerprint density at radius 1 is 1.69 bits per heavy atom. The minimum Gasteiger partial charge on any atom is -0.353 e. The number of hydrogen-bond acceptors (Lipinski definition) is 4. The summed E-state index contributed by atoms with van der Waals surface area (Å²) in [5.41, 5.74) is -0.208. The van der Waals surface area contributed by atoms with Crippen molar-refractivity contribution in [2.24, 2.45) is 0 Å². The molecule has 0 aliphatic heterocycles. The molecular weight excluding hydrogens is 226 g/mol. The van der Waals surface area contributed by atoms with E-state index in [2.05, 4.69) is 15.3 Å². The van der Waals surface area contributed by atoms with Crippen molar-refractivity contribution in [2.75, 3.05) is 5.75 Å². The summed E-state index contributed by atoms with van der Waals surface area (Å²) in [5, 5.41) is 3.30. The molecule has 1 heterocycles. The van der Waals surface area contributed by atoms with Crippen LogP contribution in [0, 0.1) is 0 Å². The predicted molar refractivity (Wildman–Crippen MR) is 63.5 cm³/mol. The van der Waals surface area contributed by atoms with Gasteiger partial charge in [-0.2, -0.15) is 0 Å². The molecule has 1 aromatic rings. The second-order valence-corrected chi connectivity index (χ2v) is 4.37. The standard InChI is InChI=1S/C10H15N3O2S/c1-3-7(2)12-9(15)6-16-10-11-5-4-8(14)13-10/h4-5,7H,3,6H2,1-2H3,(H,12,15)(H,11,13,14). The average Bonchev–Trinajstić information content (AvgIpc) is 2.26. The van der Waals surface area contributed by atoms with Crippen LogP contribution in [0.3, 0.4) is 0 Å². The van der Waals surface area contributed by atoms with E-state index >= 15 is 0 Å². The summed E-state index contributed by atoms with van der Waals surface area (Å²) < 4.78 is 0. The topological polar surface area (TPSA) is 74.8 Å². The highest BCUT2D eigenvalue weighted by atomic mass is 32.2. The van der Waals surface area contributed by atoms with Crippen molar-refractivity contribution in [1.29, 1.82) is 0 Å². The minimum absolute atomic E-state index is 0.0501. The van der Waals surface area contributed by atoms with E-state index in [-0.39, 0.29) is 23.3 Å². The van der Waals surface area contributed by atoms with Gasteiger partial charge in [0, 0.05) is 18.3 Å². The van der Waals surface area contributed by atoms with Crippen LogP contribution in [-0.2, 0) is 4.79 Å². The van der Waals surface area contributed by atoms with Gasteiger partial charge in [0.1, 0.15) is 0 Å². The van der Waals surface area contributed by atoms with Crippen LogP contribution < -0.4 is 10.9 Å². The number of aromatic nitrogens is 2. The molecule has 5 nitrogen and oxygen atoms in total. The molecule has 1 amide bonds. The Hall–Kier alpha value is -1.30. The lowest BCUT2D eigenvalue weighted by Crippen LogP contribution is -2.33. The van der Waals surface area contributed by atoms with Crippen LogP contribution in [0.5, 0.6) is 0 Å². The van der Waals surface area contributed by atoms with Crippen LogP contribution in [0.4, 0.5) is 0 Å². The number of nitrogens with zero attached hydrogens (tertiary/aromatic N) is 1. The Kier molecular flexibility index (Phi) is 5.04. The largest absolute Gasteiger partial charge is 0.353 e. The fourth-order valence-corrected chi connectivity index (χ4v) is 1.64. The molecule has 0 aromatic carbocycles. The first-order valence-electron chi connectivity index (χ1n) is 5.09. The number of rotatable bonds is 5. The zero-order chi connectivity index (χ0) is 12.0. The number of carbonyl (C=O) groups is 1. The molecule has 1 aromatic heterocycles. The average molecular weight is 241 g/mol. The molecular formula is C10H15N3O2S. The van der Waals surface area contributed by atoms with Crippen molar-refractivity contribution in [1.82, 2.24) is 15.3 Å². The fourth-order valence-electron chi connectivity index (χ4n) is 0.978. The van der Waals surface area contributed by atoms with Crippen molar-refractivity contribution < 1.29 is 4.79 Å². The first-order chi connectivity index (χ1) is 7.61. The van der Waals surface area contributed by atoms with Crippen LogP contribution >= 0.6 is 11.8 Å². The van der Waals surface area contributed by atoms with Gasteiger partial charge in [-0.15, -0.1) is 0 Å². The third-order valence-corrected chi connectivity index (χ3v) is 2.90. The lowest BCUT2D eigenvalue weighted by atomic mass is 10.3. The minimum atomic E-state index is -0.208. The quantitative estimate of drug-likeness (QED) is 0.590. The molecule has 16 heavy (non-hydrogen) atoms. The van der Waals surface area contributed by atoms with Crippen molar-refractivity contribution in [2.45, 2.75) is 31.5 Å². The van der Waals surface area contributed by atoms with E-state index in [1.54, 1.807) is 0 Å². The molecule has 0 spiro atoms.